The van der Waals surface area contributed by atoms with Gasteiger partial charge in [-0.3, -0.25) is 4.79 Å². The summed E-state index contributed by atoms with van der Waals surface area (Å²) >= 11 is 0. The molecule has 2 aliphatic heterocycles. The number of nitrogens with zero attached hydrogens (tertiary/aromatic N) is 6. The van der Waals surface area contributed by atoms with Crippen molar-refractivity contribution in [2.45, 2.75) is 45.9 Å². The fourth-order valence-electron chi connectivity index (χ4n) is 5.17. The van der Waals surface area contributed by atoms with Gasteiger partial charge in [0.25, 0.3) is 0 Å². The van der Waals surface area contributed by atoms with E-state index in [1.54, 1.807) is 25.4 Å². The summed E-state index contributed by atoms with van der Waals surface area (Å²) in [7, 11) is 0. The number of fused-ring (bicyclic) bond motifs is 2. The van der Waals surface area contributed by atoms with Gasteiger partial charge in [0, 0.05) is 38.6 Å². The number of amides is 1. The molecule has 1 amide bonds. The molecule has 1 saturated heterocycles. The number of hydrogen-bond donors (Lipinski definition) is 1. The van der Waals surface area contributed by atoms with E-state index in [0.717, 1.165) is 22.6 Å². The molecule has 1 N–H and O–H groups in total. The van der Waals surface area contributed by atoms with E-state index in [1.807, 2.05) is 34.6 Å². The molecule has 6 rings (SSSR count). The molecule has 2 aromatic carbocycles. The van der Waals surface area contributed by atoms with Crippen LogP contribution in [0, 0.1) is 5.82 Å². The monoisotopic (exact) mass is 531 g/mol. The van der Waals surface area contributed by atoms with E-state index in [4.69, 9.17) is 19.4 Å². The SMILES string of the molecule is CC(=O)N1CC(C)N(c2nc(NCc3ccc4c(c3)OCO4)c3ncn(Cc4ccc(F)cc4)c3n2)CC1C. The van der Waals surface area contributed by atoms with Crippen LogP contribution in [0.3, 0.4) is 0 Å². The molecule has 39 heavy (non-hydrogen) atoms. The number of piperazine rings is 1. The maximum Gasteiger partial charge on any atom is 0.231 e. The minimum Gasteiger partial charge on any atom is -0.454 e. The fourth-order valence-corrected chi connectivity index (χ4v) is 5.17. The van der Waals surface area contributed by atoms with Crippen molar-refractivity contribution in [1.82, 2.24) is 24.4 Å². The van der Waals surface area contributed by atoms with Crippen molar-refractivity contribution in [3.63, 3.8) is 0 Å². The quantitative estimate of drug-likeness (QED) is 0.401. The first-order valence-electron chi connectivity index (χ1n) is 13.0. The average molecular weight is 532 g/mol. The molecule has 0 spiro atoms. The van der Waals surface area contributed by atoms with E-state index in [9.17, 15) is 9.18 Å². The Morgan fingerprint density at radius 2 is 1.79 bits per heavy atom. The molecule has 1 fully saturated rings. The van der Waals surface area contributed by atoms with Gasteiger partial charge in [0.05, 0.1) is 12.9 Å². The number of halogens is 1. The highest BCUT2D eigenvalue weighted by atomic mass is 19.1. The molecule has 4 aromatic rings. The molecular formula is C28H30FN7O3. The molecule has 2 aromatic heterocycles. The Hall–Kier alpha value is -4.41. The molecule has 202 valence electrons. The van der Waals surface area contributed by atoms with Crippen molar-refractivity contribution in [1.29, 1.82) is 0 Å². The van der Waals surface area contributed by atoms with Gasteiger partial charge in [-0.05, 0) is 49.2 Å². The molecule has 2 unspecified atom stereocenters. The summed E-state index contributed by atoms with van der Waals surface area (Å²) in [6.07, 6.45) is 1.73. The van der Waals surface area contributed by atoms with Crippen LogP contribution in [0.25, 0.3) is 11.2 Å². The Labute approximate surface area is 225 Å². The number of hydrogen-bond acceptors (Lipinski definition) is 8. The van der Waals surface area contributed by atoms with Crippen molar-refractivity contribution in [2.24, 2.45) is 0 Å². The van der Waals surface area contributed by atoms with Crippen LogP contribution in [0.1, 0.15) is 31.9 Å². The molecule has 0 radical (unpaired) electrons. The second kappa shape index (κ2) is 10.0. The highest BCUT2D eigenvalue weighted by molar-refractivity contribution is 5.84. The van der Waals surface area contributed by atoms with Gasteiger partial charge in [0.15, 0.2) is 28.5 Å². The predicted molar refractivity (Wildman–Crippen MR) is 144 cm³/mol. The van der Waals surface area contributed by atoms with Gasteiger partial charge < -0.3 is 29.2 Å². The minimum absolute atomic E-state index is 0.0205. The second-order valence-corrected chi connectivity index (χ2v) is 10.1. The summed E-state index contributed by atoms with van der Waals surface area (Å²) in [4.78, 5) is 30.7. The van der Waals surface area contributed by atoms with Crippen LogP contribution in [0.4, 0.5) is 16.2 Å². The average Bonchev–Trinajstić information content (AvgIpc) is 3.56. The third-order valence-corrected chi connectivity index (χ3v) is 7.26. The minimum atomic E-state index is -0.276. The van der Waals surface area contributed by atoms with Crippen molar-refractivity contribution in [3.05, 3.63) is 65.7 Å². The lowest BCUT2D eigenvalue weighted by Gasteiger charge is -2.43. The van der Waals surface area contributed by atoms with E-state index in [0.29, 0.717) is 49.1 Å². The molecular weight excluding hydrogens is 501 g/mol. The zero-order valence-corrected chi connectivity index (χ0v) is 22.1. The maximum atomic E-state index is 13.5. The van der Waals surface area contributed by atoms with Crippen LogP contribution in [-0.4, -0.2) is 62.3 Å². The van der Waals surface area contributed by atoms with Crippen LogP contribution >= 0.6 is 0 Å². The van der Waals surface area contributed by atoms with Crippen LogP contribution in [0.15, 0.2) is 48.8 Å². The number of ether oxygens (including phenoxy) is 2. The molecule has 4 heterocycles. The largest absolute Gasteiger partial charge is 0.454 e. The lowest BCUT2D eigenvalue weighted by Crippen LogP contribution is -2.58. The zero-order chi connectivity index (χ0) is 27.1. The lowest BCUT2D eigenvalue weighted by molar-refractivity contribution is -0.131. The zero-order valence-electron chi connectivity index (χ0n) is 22.1. The van der Waals surface area contributed by atoms with Crippen molar-refractivity contribution >= 4 is 28.8 Å². The highest BCUT2D eigenvalue weighted by Crippen LogP contribution is 2.33. The fraction of sp³-hybridized carbons (Fsp3) is 0.357. The Kier molecular flexibility index (Phi) is 6.41. The highest BCUT2D eigenvalue weighted by Gasteiger charge is 2.32. The number of aromatic nitrogens is 4. The van der Waals surface area contributed by atoms with E-state index >= 15 is 0 Å². The third kappa shape index (κ3) is 4.91. The smallest absolute Gasteiger partial charge is 0.231 e. The predicted octanol–water partition coefficient (Wildman–Crippen LogP) is 3.80. The van der Waals surface area contributed by atoms with E-state index in [2.05, 4.69) is 22.1 Å². The number of carbonyl (C=O) groups is 1. The summed E-state index contributed by atoms with van der Waals surface area (Å²) in [6, 6.07) is 12.3. The second-order valence-electron chi connectivity index (χ2n) is 10.1. The summed E-state index contributed by atoms with van der Waals surface area (Å²) in [5.74, 6) is 2.42. The van der Waals surface area contributed by atoms with Crippen LogP contribution < -0.4 is 19.7 Å². The molecule has 2 atom stereocenters. The van der Waals surface area contributed by atoms with Crippen molar-refractivity contribution in [2.75, 3.05) is 30.1 Å². The Bertz CT molecular complexity index is 1520. The Morgan fingerprint density at radius 1 is 1.03 bits per heavy atom. The maximum absolute atomic E-state index is 13.5. The molecule has 0 bridgehead atoms. The summed E-state index contributed by atoms with van der Waals surface area (Å²) in [6.45, 7) is 8.12. The third-order valence-electron chi connectivity index (χ3n) is 7.26. The van der Waals surface area contributed by atoms with Gasteiger partial charge in [0.1, 0.15) is 5.82 Å². The first-order chi connectivity index (χ1) is 18.9. The van der Waals surface area contributed by atoms with E-state index < -0.39 is 0 Å². The van der Waals surface area contributed by atoms with Gasteiger partial charge in [0.2, 0.25) is 18.6 Å². The number of nitrogens with one attached hydrogen (secondary N) is 1. The number of imidazole rings is 1. The number of benzene rings is 2. The van der Waals surface area contributed by atoms with E-state index in [1.165, 1.54) is 12.1 Å². The number of anilines is 2. The van der Waals surface area contributed by atoms with Crippen molar-refractivity contribution < 1.29 is 18.7 Å². The standard InChI is InChI=1S/C28H30FN7O3/c1-17-13-36(18(2)12-35(17)19(3)37)28-32-26(30-11-21-6-9-23-24(10-21)39-16-38-23)25-27(33-28)34(15-31-25)14-20-4-7-22(29)8-5-20/h4-10,15,17-18H,11-14,16H2,1-3H3,(H,30,32,33). The molecule has 10 nitrogen and oxygen atoms in total. The Morgan fingerprint density at radius 3 is 2.59 bits per heavy atom. The van der Waals surface area contributed by atoms with Gasteiger partial charge in [-0.25, -0.2) is 9.37 Å². The summed E-state index contributed by atoms with van der Waals surface area (Å²) in [5, 5.41) is 3.45. The van der Waals surface area contributed by atoms with Crippen LogP contribution in [0.2, 0.25) is 0 Å². The molecule has 2 aliphatic rings. The van der Waals surface area contributed by atoms with Crippen LogP contribution in [-0.2, 0) is 17.9 Å². The topological polar surface area (TPSA) is 97.6 Å². The van der Waals surface area contributed by atoms with Gasteiger partial charge >= 0.3 is 0 Å². The molecule has 0 saturated carbocycles. The van der Waals surface area contributed by atoms with Crippen LogP contribution in [0.5, 0.6) is 11.5 Å². The van der Waals surface area contributed by atoms with Gasteiger partial charge in [-0.1, -0.05) is 18.2 Å². The first-order valence-corrected chi connectivity index (χ1v) is 13.0. The molecule has 0 aliphatic carbocycles. The van der Waals surface area contributed by atoms with Crippen molar-refractivity contribution in [3.8, 4) is 11.5 Å². The number of rotatable bonds is 6. The van der Waals surface area contributed by atoms with Gasteiger partial charge in [-0.15, -0.1) is 0 Å². The number of carbonyl (C=O) groups excluding carboxylic acids is 1. The summed E-state index contributed by atoms with van der Waals surface area (Å²) < 4.78 is 26.4. The summed E-state index contributed by atoms with van der Waals surface area (Å²) in [5.41, 5.74) is 3.26. The first kappa shape index (κ1) is 24.9. The lowest BCUT2D eigenvalue weighted by atomic mass is 10.1. The van der Waals surface area contributed by atoms with Gasteiger partial charge in [-0.2, -0.15) is 9.97 Å². The Balaban J connectivity index is 1.35. The molecule has 11 heteroatoms. The van der Waals surface area contributed by atoms with E-state index in [-0.39, 0.29) is 30.6 Å². The normalized spacial score (nSPS) is 18.6.